The third-order valence-corrected chi connectivity index (χ3v) is 4.36. The summed E-state index contributed by atoms with van der Waals surface area (Å²) in [7, 11) is 1.75. The number of fused-ring (bicyclic) bond motifs is 1. The Bertz CT molecular complexity index is 929. The molecule has 0 saturated carbocycles. The molecule has 0 aliphatic carbocycles. The predicted molar refractivity (Wildman–Crippen MR) is 101 cm³/mol. The van der Waals surface area contributed by atoms with E-state index in [-0.39, 0.29) is 12.0 Å². The number of hydrogen-bond acceptors (Lipinski definition) is 5. The molecule has 136 valence electrons. The molecule has 4 rings (SSSR count). The highest BCUT2D eigenvalue weighted by Gasteiger charge is 2.24. The first-order valence-electron chi connectivity index (χ1n) is 8.71. The number of nitrogens with zero attached hydrogens (tertiary/aromatic N) is 3. The summed E-state index contributed by atoms with van der Waals surface area (Å²) in [5, 5.41) is 0. The molecule has 1 aromatic carbocycles. The van der Waals surface area contributed by atoms with E-state index < -0.39 is 0 Å². The SMILES string of the molecule is CN(C[C@@H]1COc2ccccc2O1)C(=O)c1ccc(-c2cccnc2)nc1. The van der Waals surface area contributed by atoms with Crippen molar-refractivity contribution in [3.8, 4) is 22.8 Å². The smallest absolute Gasteiger partial charge is 0.255 e. The maximum Gasteiger partial charge on any atom is 0.255 e. The Balaban J connectivity index is 1.41. The van der Waals surface area contributed by atoms with E-state index in [1.54, 1.807) is 36.6 Å². The second kappa shape index (κ2) is 7.45. The first-order valence-corrected chi connectivity index (χ1v) is 8.71. The Morgan fingerprint density at radius 3 is 2.70 bits per heavy atom. The molecule has 1 amide bonds. The fourth-order valence-electron chi connectivity index (χ4n) is 2.97. The topological polar surface area (TPSA) is 64.6 Å². The highest BCUT2D eigenvalue weighted by Crippen LogP contribution is 2.31. The van der Waals surface area contributed by atoms with Crippen molar-refractivity contribution in [1.29, 1.82) is 0 Å². The van der Waals surface area contributed by atoms with Crippen LogP contribution in [0.3, 0.4) is 0 Å². The van der Waals surface area contributed by atoms with Gasteiger partial charge in [-0.25, -0.2) is 0 Å². The van der Waals surface area contributed by atoms with Crippen molar-refractivity contribution >= 4 is 5.91 Å². The molecule has 0 saturated heterocycles. The molecule has 0 radical (unpaired) electrons. The van der Waals surface area contributed by atoms with Crippen molar-refractivity contribution in [2.45, 2.75) is 6.10 Å². The fourth-order valence-corrected chi connectivity index (χ4v) is 2.97. The number of rotatable bonds is 4. The van der Waals surface area contributed by atoms with Crippen LogP contribution < -0.4 is 9.47 Å². The van der Waals surface area contributed by atoms with Gasteiger partial charge in [0.2, 0.25) is 0 Å². The van der Waals surface area contributed by atoms with Crippen LogP contribution in [-0.4, -0.2) is 47.1 Å². The molecule has 2 aromatic heterocycles. The first-order chi connectivity index (χ1) is 13.2. The average molecular weight is 361 g/mol. The molecule has 1 aliphatic heterocycles. The Morgan fingerprint density at radius 1 is 1.11 bits per heavy atom. The van der Waals surface area contributed by atoms with Crippen molar-refractivity contribution < 1.29 is 14.3 Å². The number of ether oxygens (including phenoxy) is 2. The van der Waals surface area contributed by atoms with Crippen LogP contribution in [0.25, 0.3) is 11.3 Å². The molecule has 1 atom stereocenters. The Labute approximate surface area is 157 Å². The lowest BCUT2D eigenvalue weighted by Crippen LogP contribution is -2.41. The number of benzene rings is 1. The molecule has 1 aliphatic rings. The standard InChI is InChI=1S/C21H19N3O3/c1-24(13-17-14-26-19-6-2-3-7-20(19)27-17)21(25)16-8-9-18(23-12-16)15-5-4-10-22-11-15/h2-12,17H,13-14H2,1H3/t17-/m1/s1. The molecular formula is C21H19N3O3. The Morgan fingerprint density at radius 2 is 1.96 bits per heavy atom. The van der Waals surface area contributed by atoms with Gasteiger partial charge in [0.15, 0.2) is 17.6 Å². The van der Waals surface area contributed by atoms with Gasteiger partial charge in [-0.15, -0.1) is 0 Å². The summed E-state index contributed by atoms with van der Waals surface area (Å²) in [5.41, 5.74) is 2.22. The van der Waals surface area contributed by atoms with Crippen LogP contribution in [0.2, 0.25) is 0 Å². The fraction of sp³-hybridized carbons (Fsp3) is 0.190. The van der Waals surface area contributed by atoms with E-state index >= 15 is 0 Å². The van der Waals surface area contributed by atoms with Gasteiger partial charge in [0.1, 0.15) is 6.61 Å². The minimum atomic E-state index is -0.212. The predicted octanol–water partition coefficient (Wildman–Crippen LogP) is 3.06. The second-order valence-electron chi connectivity index (χ2n) is 6.36. The van der Waals surface area contributed by atoms with Gasteiger partial charge in [-0.05, 0) is 36.4 Å². The van der Waals surface area contributed by atoms with Gasteiger partial charge in [-0.3, -0.25) is 14.8 Å². The van der Waals surface area contributed by atoms with Gasteiger partial charge in [-0.1, -0.05) is 12.1 Å². The molecule has 6 nitrogen and oxygen atoms in total. The molecule has 3 aromatic rings. The molecule has 3 heterocycles. The van der Waals surface area contributed by atoms with Crippen LogP contribution in [0.4, 0.5) is 0 Å². The van der Waals surface area contributed by atoms with Gasteiger partial charge in [0.05, 0.1) is 17.8 Å². The van der Waals surface area contributed by atoms with Crippen molar-refractivity contribution in [2.75, 3.05) is 20.2 Å². The van der Waals surface area contributed by atoms with E-state index in [0.29, 0.717) is 24.5 Å². The summed E-state index contributed by atoms with van der Waals surface area (Å²) in [5.74, 6) is 1.33. The Kier molecular flexibility index (Phi) is 4.70. The molecule has 0 bridgehead atoms. The van der Waals surface area contributed by atoms with Crippen molar-refractivity contribution in [1.82, 2.24) is 14.9 Å². The number of carbonyl (C=O) groups excluding carboxylic acids is 1. The van der Waals surface area contributed by atoms with Gasteiger partial charge < -0.3 is 14.4 Å². The molecule has 0 N–H and O–H groups in total. The second-order valence-corrected chi connectivity index (χ2v) is 6.36. The minimum Gasteiger partial charge on any atom is -0.486 e. The van der Waals surface area contributed by atoms with Crippen LogP contribution >= 0.6 is 0 Å². The largest absolute Gasteiger partial charge is 0.486 e. The Hall–Kier alpha value is -3.41. The summed E-state index contributed by atoms with van der Waals surface area (Å²) >= 11 is 0. The monoisotopic (exact) mass is 361 g/mol. The maximum absolute atomic E-state index is 12.7. The summed E-state index contributed by atoms with van der Waals surface area (Å²) in [6.45, 7) is 0.838. The third-order valence-electron chi connectivity index (χ3n) is 4.36. The minimum absolute atomic E-state index is 0.109. The third kappa shape index (κ3) is 3.74. The summed E-state index contributed by atoms with van der Waals surface area (Å²) < 4.78 is 11.6. The van der Waals surface area contributed by atoms with Crippen LogP contribution in [0.1, 0.15) is 10.4 Å². The van der Waals surface area contributed by atoms with E-state index in [4.69, 9.17) is 9.47 Å². The van der Waals surface area contributed by atoms with Gasteiger partial charge >= 0.3 is 0 Å². The van der Waals surface area contributed by atoms with Gasteiger partial charge in [0.25, 0.3) is 5.91 Å². The number of para-hydroxylation sites is 2. The number of carbonyl (C=O) groups is 1. The summed E-state index contributed by atoms with van der Waals surface area (Å²) in [6, 6.07) is 14.9. The molecule has 0 unspecified atom stereocenters. The van der Waals surface area contributed by atoms with Gasteiger partial charge in [-0.2, -0.15) is 0 Å². The van der Waals surface area contributed by atoms with E-state index in [1.807, 2.05) is 42.5 Å². The lowest BCUT2D eigenvalue weighted by Gasteiger charge is -2.29. The molecule has 27 heavy (non-hydrogen) atoms. The molecule has 0 spiro atoms. The number of hydrogen-bond donors (Lipinski definition) is 0. The van der Waals surface area contributed by atoms with E-state index in [1.165, 1.54) is 0 Å². The zero-order valence-corrected chi connectivity index (χ0v) is 14.9. The maximum atomic E-state index is 12.7. The lowest BCUT2D eigenvalue weighted by atomic mass is 10.1. The number of pyridine rings is 2. The number of amides is 1. The van der Waals surface area contributed by atoms with Crippen molar-refractivity contribution in [3.05, 3.63) is 72.7 Å². The quantitative estimate of drug-likeness (QED) is 0.715. The normalized spacial score (nSPS) is 15.2. The first kappa shape index (κ1) is 17.0. The van der Waals surface area contributed by atoms with E-state index in [0.717, 1.165) is 17.0 Å². The van der Waals surface area contributed by atoms with Gasteiger partial charge in [0, 0.05) is 31.2 Å². The van der Waals surface area contributed by atoms with Crippen LogP contribution in [0.15, 0.2) is 67.1 Å². The summed E-state index contributed by atoms with van der Waals surface area (Å²) in [6.07, 6.45) is 4.84. The highest BCUT2D eigenvalue weighted by molar-refractivity contribution is 5.94. The van der Waals surface area contributed by atoms with E-state index in [2.05, 4.69) is 9.97 Å². The molecular weight excluding hydrogens is 342 g/mol. The number of likely N-dealkylation sites (N-methyl/N-ethyl adjacent to an activating group) is 1. The van der Waals surface area contributed by atoms with Crippen LogP contribution in [0, 0.1) is 0 Å². The molecule has 0 fully saturated rings. The van der Waals surface area contributed by atoms with Crippen molar-refractivity contribution in [3.63, 3.8) is 0 Å². The summed E-state index contributed by atoms with van der Waals surface area (Å²) in [4.78, 5) is 22.8. The zero-order chi connectivity index (χ0) is 18.6. The van der Waals surface area contributed by atoms with Crippen LogP contribution in [0.5, 0.6) is 11.5 Å². The van der Waals surface area contributed by atoms with Crippen LogP contribution in [-0.2, 0) is 0 Å². The molecule has 6 heteroatoms. The number of aromatic nitrogens is 2. The zero-order valence-electron chi connectivity index (χ0n) is 14.9. The van der Waals surface area contributed by atoms with E-state index in [9.17, 15) is 4.79 Å². The lowest BCUT2D eigenvalue weighted by molar-refractivity contribution is 0.0520. The highest BCUT2D eigenvalue weighted by atomic mass is 16.6. The van der Waals surface area contributed by atoms with Crippen molar-refractivity contribution in [2.24, 2.45) is 0 Å². The average Bonchev–Trinajstić information content (AvgIpc) is 2.74.